The van der Waals surface area contributed by atoms with Crippen molar-refractivity contribution < 1.29 is 14.3 Å². The minimum Gasteiger partial charge on any atom is -0.491 e. The average Bonchev–Trinajstić information content (AvgIpc) is 3.19. The highest BCUT2D eigenvalue weighted by molar-refractivity contribution is 6.31. The van der Waals surface area contributed by atoms with E-state index in [1.54, 1.807) is 18.2 Å². The lowest BCUT2D eigenvalue weighted by Gasteiger charge is -2.43. The number of nitrogens with zero attached hydrogens (tertiary/aromatic N) is 1. The first-order valence-corrected chi connectivity index (χ1v) is 11.1. The van der Waals surface area contributed by atoms with Crippen molar-refractivity contribution in [3.8, 4) is 5.75 Å². The Morgan fingerprint density at radius 2 is 2.00 bits per heavy atom. The molecular weight excluding hydrogens is 449 g/mol. The summed E-state index contributed by atoms with van der Waals surface area (Å²) in [6.45, 7) is 2.65. The lowest BCUT2D eigenvalue weighted by atomic mass is 9.83. The number of carbonyl (C=O) groups excluding carboxylic acids is 1. The normalized spacial score (nSPS) is 17.1. The van der Waals surface area contributed by atoms with Crippen LogP contribution >= 0.6 is 24.0 Å². The SMILES string of the molecule is Cl.NCCOc1ccc(Cl)cc1C(=O)N1CCC2(CC1)OCCc1c2[nH]c2ccccc12. The van der Waals surface area contributed by atoms with Gasteiger partial charge in [0.1, 0.15) is 18.0 Å². The molecule has 0 unspecified atom stereocenters. The fourth-order valence-electron chi connectivity index (χ4n) is 4.87. The van der Waals surface area contributed by atoms with Gasteiger partial charge in [-0.15, -0.1) is 12.4 Å². The van der Waals surface area contributed by atoms with Gasteiger partial charge in [-0.2, -0.15) is 0 Å². The van der Waals surface area contributed by atoms with E-state index in [2.05, 4.69) is 29.2 Å². The lowest BCUT2D eigenvalue weighted by Crippen LogP contribution is -2.48. The van der Waals surface area contributed by atoms with Crippen molar-refractivity contribution in [2.45, 2.75) is 24.9 Å². The quantitative estimate of drug-likeness (QED) is 0.589. The largest absolute Gasteiger partial charge is 0.491 e. The van der Waals surface area contributed by atoms with Crippen molar-refractivity contribution >= 4 is 40.8 Å². The molecule has 5 rings (SSSR count). The molecule has 1 spiro atoms. The Hall–Kier alpha value is -2.25. The van der Waals surface area contributed by atoms with Crippen LogP contribution in [-0.4, -0.2) is 48.6 Å². The van der Waals surface area contributed by atoms with E-state index in [9.17, 15) is 4.79 Å². The third-order valence-electron chi connectivity index (χ3n) is 6.41. The smallest absolute Gasteiger partial charge is 0.257 e. The van der Waals surface area contributed by atoms with Crippen LogP contribution in [-0.2, 0) is 16.8 Å². The van der Waals surface area contributed by atoms with E-state index >= 15 is 0 Å². The van der Waals surface area contributed by atoms with E-state index in [0.717, 1.165) is 24.8 Å². The van der Waals surface area contributed by atoms with Crippen molar-refractivity contribution in [3.63, 3.8) is 0 Å². The summed E-state index contributed by atoms with van der Waals surface area (Å²) >= 11 is 6.17. The van der Waals surface area contributed by atoms with Gasteiger partial charge in [-0.1, -0.05) is 29.8 Å². The summed E-state index contributed by atoms with van der Waals surface area (Å²) in [4.78, 5) is 18.8. The number of para-hydroxylation sites is 1. The van der Waals surface area contributed by atoms with Crippen molar-refractivity contribution in [2.75, 3.05) is 32.8 Å². The highest BCUT2D eigenvalue weighted by Gasteiger charge is 2.43. The second kappa shape index (κ2) is 9.32. The minimum atomic E-state index is -0.364. The van der Waals surface area contributed by atoms with Gasteiger partial charge in [0.2, 0.25) is 0 Å². The van der Waals surface area contributed by atoms with Crippen molar-refractivity contribution in [1.82, 2.24) is 9.88 Å². The van der Waals surface area contributed by atoms with Crippen molar-refractivity contribution in [3.05, 3.63) is 64.3 Å². The number of benzene rings is 2. The number of amides is 1. The number of hydrogen-bond acceptors (Lipinski definition) is 4. The maximum absolute atomic E-state index is 13.3. The number of aromatic nitrogens is 1. The zero-order valence-corrected chi connectivity index (χ0v) is 19.3. The molecule has 0 aliphatic carbocycles. The van der Waals surface area contributed by atoms with Crippen LogP contribution in [0.3, 0.4) is 0 Å². The number of H-pyrrole nitrogens is 1. The number of hydrogen-bond donors (Lipinski definition) is 2. The Morgan fingerprint density at radius 3 is 2.78 bits per heavy atom. The molecule has 170 valence electrons. The summed E-state index contributed by atoms with van der Waals surface area (Å²) in [6.07, 6.45) is 2.41. The molecule has 1 amide bonds. The van der Waals surface area contributed by atoms with Gasteiger partial charge in [0.25, 0.3) is 5.91 Å². The number of ether oxygens (including phenoxy) is 2. The molecular formula is C24H27Cl2N3O3. The summed E-state index contributed by atoms with van der Waals surface area (Å²) in [5, 5.41) is 1.79. The van der Waals surface area contributed by atoms with Gasteiger partial charge in [-0.3, -0.25) is 4.79 Å². The molecule has 0 atom stereocenters. The first-order valence-electron chi connectivity index (χ1n) is 10.8. The van der Waals surface area contributed by atoms with Gasteiger partial charge < -0.3 is 25.1 Å². The molecule has 2 aromatic carbocycles. The number of rotatable bonds is 4. The third-order valence-corrected chi connectivity index (χ3v) is 6.64. The van der Waals surface area contributed by atoms with Gasteiger partial charge in [0.05, 0.1) is 17.9 Å². The van der Waals surface area contributed by atoms with Gasteiger partial charge in [0.15, 0.2) is 0 Å². The van der Waals surface area contributed by atoms with Crippen LogP contribution in [0.2, 0.25) is 5.02 Å². The Bertz CT molecular complexity index is 1120. The van der Waals surface area contributed by atoms with Gasteiger partial charge in [-0.25, -0.2) is 0 Å². The van der Waals surface area contributed by atoms with E-state index in [1.165, 1.54) is 16.6 Å². The maximum atomic E-state index is 13.3. The molecule has 0 saturated carbocycles. The van der Waals surface area contributed by atoms with E-state index in [1.807, 2.05) is 4.90 Å². The van der Waals surface area contributed by atoms with Crippen LogP contribution in [0.15, 0.2) is 42.5 Å². The summed E-state index contributed by atoms with van der Waals surface area (Å²) in [5.74, 6) is 0.448. The highest BCUT2D eigenvalue weighted by atomic mass is 35.5. The second-order valence-corrected chi connectivity index (χ2v) is 8.62. The molecule has 2 aliphatic rings. The fraction of sp³-hybridized carbons (Fsp3) is 0.375. The summed E-state index contributed by atoms with van der Waals surface area (Å²) in [6, 6.07) is 13.5. The summed E-state index contributed by atoms with van der Waals surface area (Å²) in [7, 11) is 0. The van der Waals surface area contributed by atoms with Gasteiger partial charge >= 0.3 is 0 Å². The van der Waals surface area contributed by atoms with E-state index in [0.29, 0.717) is 49.2 Å². The first-order chi connectivity index (χ1) is 15.1. The predicted molar refractivity (Wildman–Crippen MR) is 128 cm³/mol. The topological polar surface area (TPSA) is 80.6 Å². The number of likely N-dealkylation sites (tertiary alicyclic amines) is 1. The van der Waals surface area contributed by atoms with E-state index < -0.39 is 0 Å². The van der Waals surface area contributed by atoms with Crippen LogP contribution in [0.4, 0.5) is 0 Å². The zero-order chi connectivity index (χ0) is 21.4. The van der Waals surface area contributed by atoms with E-state index in [-0.39, 0.29) is 23.9 Å². The maximum Gasteiger partial charge on any atom is 0.257 e. The molecule has 3 aromatic rings. The molecule has 8 heteroatoms. The number of aromatic amines is 1. The third kappa shape index (κ3) is 3.97. The number of nitrogens with two attached hydrogens (primary N) is 1. The number of carbonyl (C=O) groups is 1. The Balaban J connectivity index is 0.00000245. The number of nitrogens with one attached hydrogen (secondary N) is 1. The second-order valence-electron chi connectivity index (χ2n) is 8.19. The molecule has 1 fully saturated rings. The molecule has 1 aromatic heterocycles. The summed E-state index contributed by atoms with van der Waals surface area (Å²) in [5.41, 5.74) is 9.36. The molecule has 6 nitrogen and oxygen atoms in total. The van der Waals surface area contributed by atoms with Crippen LogP contribution in [0, 0.1) is 0 Å². The van der Waals surface area contributed by atoms with Crippen molar-refractivity contribution in [2.24, 2.45) is 5.73 Å². The van der Waals surface area contributed by atoms with Crippen LogP contribution in [0.5, 0.6) is 5.75 Å². The monoisotopic (exact) mass is 475 g/mol. The molecule has 32 heavy (non-hydrogen) atoms. The first kappa shape index (κ1) is 22.9. The number of halogens is 2. The van der Waals surface area contributed by atoms with Crippen molar-refractivity contribution in [1.29, 1.82) is 0 Å². The molecule has 3 N–H and O–H groups in total. The van der Waals surface area contributed by atoms with Gasteiger partial charge in [0, 0.05) is 35.6 Å². The molecule has 1 saturated heterocycles. The fourth-order valence-corrected chi connectivity index (χ4v) is 5.04. The van der Waals surface area contributed by atoms with Crippen LogP contribution in [0.25, 0.3) is 10.9 Å². The molecule has 0 bridgehead atoms. The Labute approximate surface area is 198 Å². The number of piperidine rings is 1. The molecule has 0 radical (unpaired) electrons. The summed E-state index contributed by atoms with van der Waals surface area (Å²) < 4.78 is 12.0. The predicted octanol–water partition coefficient (Wildman–Crippen LogP) is 4.28. The standard InChI is InChI=1S/C24H26ClN3O3.ClH/c25-16-5-6-21(30-14-10-26)19(15-16)23(29)28-11-8-24(9-12-28)22-18(7-13-31-24)17-3-1-2-4-20(17)27-22;/h1-6,15,27H,7-14,26H2;1H. The molecule has 2 aliphatic heterocycles. The molecule has 3 heterocycles. The van der Waals surface area contributed by atoms with Crippen LogP contribution in [0.1, 0.15) is 34.5 Å². The van der Waals surface area contributed by atoms with Gasteiger partial charge in [-0.05, 0) is 49.1 Å². The Kier molecular flexibility index (Phi) is 6.67. The average molecular weight is 476 g/mol. The highest BCUT2D eigenvalue weighted by Crippen LogP contribution is 2.43. The number of fused-ring (bicyclic) bond motifs is 4. The van der Waals surface area contributed by atoms with E-state index in [4.69, 9.17) is 26.8 Å². The zero-order valence-electron chi connectivity index (χ0n) is 17.7. The lowest BCUT2D eigenvalue weighted by molar-refractivity contribution is -0.0957. The van der Waals surface area contributed by atoms with Crippen LogP contribution < -0.4 is 10.5 Å². The minimum absolute atomic E-state index is 0. The Morgan fingerprint density at radius 1 is 1.22 bits per heavy atom.